The highest BCUT2D eigenvalue weighted by molar-refractivity contribution is 6.30. The van der Waals surface area contributed by atoms with Crippen molar-refractivity contribution >= 4 is 11.6 Å². The molecule has 3 heteroatoms. The summed E-state index contributed by atoms with van der Waals surface area (Å²) >= 11 is 5.89. The molecule has 0 fully saturated rings. The highest BCUT2D eigenvalue weighted by Crippen LogP contribution is 2.24. The monoisotopic (exact) mass is 281 g/mol. The maximum Gasteiger partial charge on any atom is 0.249 e. The van der Waals surface area contributed by atoms with Gasteiger partial charge in [-0.05, 0) is 34.9 Å². The Morgan fingerprint density at radius 2 is 1.45 bits per heavy atom. The second kappa shape index (κ2) is 5.35. The van der Waals surface area contributed by atoms with Crippen LogP contribution in [-0.2, 0) is 0 Å². The van der Waals surface area contributed by atoms with Gasteiger partial charge in [-0.2, -0.15) is 0 Å². The summed E-state index contributed by atoms with van der Waals surface area (Å²) in [6.07, 6.45) is 0. The molecule has 3 aromatic rings. The van der Waals surface area contributed by atoms with Gasteiger partial charge in [-0.25, -0.2) is 0 Å². The number of pyridine rings is 1. The Balaban J connectivity index is 2.12. The number of rotatable bonds is 2. The Labute approximate surface area is 121 Å². The Bertz CT molecular complexity index is 776. The second-order valence-electron chi connectivity index (χ2n) is 4.52. The van der Waals surface area contributed by atoms with Crippen molar-refractivity contribution < 1.29 is 0 Å². The number of aromatic amines is 1. The standard InChI is InChI=1S/C17H12ClNO/c18-15-8-6-13(7-9-15)16-10-14(11-17(20)19-16)12-4-2-1-3-5-12/h1-11H,(H,19,20). The van der Waals surface area contributed by atoms with Crippen LogP contribution in [0.5, 0.6) is 0 Å². The molecule has 0 saturated heterocycles. The highest BCUT2D eigenvalue weighted by Gasteiger charge is 2.04. The number of nitrogens with one attached hydrogen (secondary N) is 1. The van der Waals surface area contributed by atoms with Crippen LogP contribution in [0.15, 0.2) is 71.5 Å². The molecule has 0 radical (unpaired) electrons. The van der Waals surface area contributed by atoms with E-state index < -0.39 is 0 Å². The van der Waals surface area contributed by atoms with E-state index in [4.69, 9.17) is 11.6 Å². The molecule has 0 atom stereocenters. The molecule has 0 aliphatic heterocycles. The molecule has 0 saturated carbocycles. The van der Waals surface area contributed by atoms with E-state index in [0.717, 1.165) is 22.4 Å². The average Bonchev–Trinajstić information content (AvgIpc) is 2.48. The van der Waals surface area contributed by atoms with Crippen molar-refractivity contribution in [2.24, 2.45) is 0 Å². The van der Waals surface area contributed by atoms with Crippen LogP contribution in [0.4, 0.5) is 0 Å². The quantitative estimate of drug-likeness (QED) is 0.744. The van der Waals surface area contributed by atoms with Crippen LogP contribution >= 0.6 is 11.6 Å². The van der Waals surface area contributed by atoms with Gasteiger partial charge in [0.1, 0.15) is 0 Å². The first-order valence-corrected chi connectivity index (χ1v) is 6.66. The Morgan fingerprint density at radius 1 is 0.750 bits per heavy atom. The molecule has 0 spiro atoms. The van der Waals surface area contributed by atoms with Gasteiger partial charge in [0.2, 0.25) is 5.56 Å². The van der Waals surface area contributed by atoms with Gasteiger partial charge in [0.05, 0.1) is 0 Å². The van der Waals surface area contributed by atoms with Crippen molar-refractivity contribution in [1.29, 1.82) is 0 Å². The fourth-order valence-corrected chi connectivity index (χ4v) is 2.25. The Morgan fingerprint density at radius 3 is 2.15 bits per heavy atom. The minimum absolute atomic E-state index is 0.115. The molecule has 1 N–H and O–H groups in total. The van der Waals surface area contributed by atoms with Crippen molar-refractivity contribution in [1.82, 2.24) is 4.98 Å². The summed E-state index contributed by atoms with van der Waals surface area (Å²) in [7, 11) is 0. The molecule has 1 heterocycles. The van der Waals surface area contributed by atoms with Crippen LogP contribution in [0.2, 0.25) is 5.02 Å². The van der Waals surface area contributed by atoms with E-state index >= 15 is 0 Å². The van der Waals surface area contributed by atoms with Crippen LogP contribution in [-0.4, -0.2) is 4.98 Å². The predicted molar refractivity (Wildman–Crippen MR) is 82.9 cm³/mol. The molecule has 3 rings (SSSR count). The molecule has 0 aliphatic rings. The Hall–Kier alpha value is -2.32. The molecule has 1 aromatic heterocycles. The van der Waals surface area contributed by atoms with Gasteiger partial charge in [-0.1, -0.05) is 54.1 Å². The second-order valence-corrected chi connectivity index (χ2v) is 4.96. The van der Waals surface area contributed by atoms with Crippen molar-refractivity contribution in [3.8, 4) is 22.4 Å². The van der Waals surface area contributed by atoms with Gasteiger partial charge in [0.25, 0.3) is 0 Å². The van der Waals surface area contributed by atoms with Gasteiger partial charge >= 0.3 is 0 Å². The molecule has 2 aromatic carbocycles. The minimum atomic E-state index is -0.115. The topological polar surface area (TPSA) is 32.9 Å². The third kappa shape index (κ3) is 2.65. The molecule has 0 amide bonds. The van der Waals surface area contributed by atoms with Gasteiger partial charge in [-0.15, -0.1) is 0 Å². The summed E-state index contributed by atoms with van der Waals surface area (Å²) < 4.78 is 0. The average molecular weight is 282 g/mol. The predicted octanol–water partition coefficient (Wildman–Crippen LogP) is 4.36. The molecule has 20 heavy (non-hydrogen) atoms. The van der Waals surface area contributed by atoms with E-state index in [-0.39, 0.29) is 5.56 Å². The van der Waals surface area contributed by atoms with E-state index in [1.165, 1.54) is 0 Å². The lowest BCUT2D eigenvalue weighted by molar-refractivity contribution is 1.24. The number of H-pyrrole nitrogens is 1. The van der Waals surface area contributed by atoms with Crippen LogP contribution < -0.4 is 5.56 Å². The molecular formula is C17H12ClNO. The molecule has 0 bridgehead atoms. The number of benzene rings is 2. The lowest BCUT2D eigenvalue weighted by Gasteiger charge is -2.06. The van der Waals surface area contributed by atoms with Crippen molar-refractivity contribution in [3.63, 3.8) is 0 Å². The molecular weight excluding hydrogens is 270 g/mol. The van der Waals surface area contributed by atoms with Gasteiger partial charge < -0.3 is 4.98 Å². The minimum Gasteiger partial charge on any atom is -0.322 e. The third-order valence-corrected chi connectivity index (χ3v) is 3.36. The highest BCUT2D eigenvalue weighted by atomic mass is 35.5. The molecule has 2 nitrogen and oxygen atoms in total. The van der Waals surface area contributed by atoms with E-state index in [1.807, 2.05) is 60.7 Å². The smallest absolute Gasteiger partial charge is 0.249 e. The number of hydrogen-bond acceptors (Lipinski definition) is 1. The lowest BCUT2D eigenvalue weighted by atomic mass is 10.0. The van der Waals surface area contributed by atoms with E-state index in [9.17, 15) is 4.79 Å². The fraction of sp³-hybridized carbons (Fsp3) is 0. The summed E-state index contributed by atoms with van der Waals surface area (Å²) in [6.45, 7) is 0. The largest absolute Gasteiger partial charge is 0.322 e. The lowest BCUT2D eigenvalue weighted by Crippen LogP contribution is -2.05. The molecule has 0 unspecified atom stereocenters. The fourth-order valence-electron chi connectivity index (χ4n) is 2.13. The first kappa shape index (κ1) is 12.7. The van der Waals surface area contributed by atoms with Crippen molar-refractivity contribution in [2.75, 3.05) is 0 Å². The van der Waals surface area contributed by atoms with Gasteiger partial charge in [0, 0.05) is 16.8 Å². The van der Waals surface area contributed by atoms with Crippen LogP contribution in [0.3, 0.4) is 0 Å². The normalized spacial score (nSPS) is 10.4. The van der Waals surface area contributed by atoms with E-state index in [2.05, 4.69) is 4.98 Å². The summed E-state index contributed by atoms with van der Waals surface area (Å²) in [5, 5.41) is 0.676. The first-order chi connectivity index (χ1) is 9.72. The SMILES string of the molecule is O=c1cc(-c2ccccc2)cc(-c2ccc(Cl)cc2)[nH]1. The summed E-state index contributed by atoms with van der Waals surface area (Å²) in [4.78, 5) is 14.7. The number of halogens is 1. The van der Waals surface area contributed by atoms with E-state index in [1.54, 1.807) is 6.07 Å². The zero-order chi connectivity index (χ0) is 13.9. The first-order valence-electron chi connectivity index (χ1n) is 6.28. The van der Waals surface area contributed by atoms with Gasteiger partial charge in [-0.3, -0.25) is 4.79 Å². The molecule has 0 aliphatic carbocycles. The zero-order valence-electron chi connectivity index (χ0n) is 10.6. The number of hydrogen-bond donors (Lipinski definition) is 1. The zero-order valence-corrected chi connectivity index (χ0v) is 11.4. The van der Waals surface area contributed by atoms with Gasteiger partial charge in [0.15, 0.2) is 0 Å². The summed E-state index contributed by atoms with van der Waals surface area (Å²) in [5.41, 5.74) is 3.53. The summed E-state index contributed by atoms with van der Waals surface area (Å²) in [5.74, 6) is 0. The third-order valence-electron chi connectivity index (χ3n) is 3.11. The van der Waals surface area contributed by atoms with Crippen molar-refractivity contribution in [3.05, 3.63) is 82.1 Å². The van der Waals surface area contributed by atoms with Crippen LogP contribution in [0.25, 0.3) is 22.4 Å². The summed E-state index contributed by atoms with van der Waals surface area (Å²) in [6, 6.07) is 20.8. The van der Waals surface area contributed by atoms with Crippen molar-refractivity contribution in [2.45, 2.75) is 0 Å². The maximum absolute atomic E-state index is 11.8. The van der Waals surface area contributed by atoms with E-state index in [0.29, 0.717) is 5.02 Å². The molecule has 98 valence electrons. The Kier molecular flexibility index (Phi) is 3.40. The van der Waals surface area contributed by atoms with Crippen LogP contribution in [0.1, 0.15) is 0 Å². The number of aromatic nitrogens is 1. The van der Waals surface area contributed by atoms with Crippen LogP contribution in [0, 0.1) is 0 Å². The maximum atomic E-state index is 11.8.